The summed E-state index contributed by atoms with van der Waals surface area (Å²) in [5.74, 6) is -1.06. The van der Waals surface area contributed by atoms with Crippen molar-refractivity contribution in [2.75, 3.05) is 0 Å². The number of thiophene rings is 1. The number of halogens is 1. The van der Waals surface area contributed by atoms with Crippen molar-refractivity contribution in [3.05, 3.63) is 28.4 Å². The average molecular weight is 254 g/mol. The molecular weight excluding hydrogens is 250 g/mol. The van der Waals surface area contributed by atoms with Crippen LogP contribution in [0.1, 0.15) is 10.4 Å². The molecule has 0 aliphatic carbocycles. The van der Waals surface area contributed by atoms with Gasteiger partial charge in [-0.15, -0.1) is 11.3 Å². The molecule has 0 spiro atoms. The Morgan fingerprint density at radius 3 is 3.12 bits per heavy atom. The SMILES string of the molecule is O=C(O)c1cnn2c1nc(Cl)c1sccc12. The summed E-state index contributed by atoms with van der Waals surface area (Å²) in [6, 6.07) is 1.83. The van der Waals surface area contributed by atoms with Crippen LogP contribution in [0.4, 0.5) is 0 Å². The van der Waals surface area contributed by atoms with Crippen molar-refractivity contribution in [2.24, 2.45) is 0 Å². The third-order valence-corrected chi connectivity index (χ3v) is 3.53. The molecule has 0 radical (unpaired) electrons. The van der Waals surface area contributed by atoms with Gasteiger partial charge in [-0.25, -0.2) is 14.3 Å². The lowest BCUT2D eigenvalue weighted by Gasteiger charge is -1.98. The Morgan fingerprint density at radius 2 is 2.38 bits per heavy atom. The molecule has 0 bridgehead atoms. The number of rotatable bonds is 1. The number of fused-ring (bicyclic) bond motifs is 3. The molecule has 80 valence electrons. The molecule has 0 saturated carbocycles. The Hall–Kier alpha value is -1.66. The van der Waals surface area contributed by atoms with Crippen LogP contribution in [-0.4, -0.2) is 25.7 Å². The number of carbonyl (C=O) groups is 1. The van der Waals surface area contributed by atoms with Crippen LogP contribution in [-0.2, 0) is 0 Å². The number of hydrogen-bond donors (Lipinski definition) is 1. The van der Waals surface area contributed by atoms with Crippen molar-refractivity contribution in [1.29, 1.82) is 0 Å². The summed E-state index contributed by atoms with van der Waals surface area (Å²) in [5, 5.41) is 15.1. The number of aromatic carboxylic acids is 1. The van der Waals surface area contributed by atoms with Crippen LogP contribution in [0.2, 0.25) is 5.15 Å². The van der Waals surface area contributed by atoms with Gasteiger partial charge in [0.05, 0.1) is 16.4 Å². The molecule has 0 aliphatic heterocycles. The summed E-state index contributed by atoms with van der Waals surface area (Å²) in [6.07, 6.45) is 1.28. The first-order valence-electron chi connectivity index (χ1n) is 4.32. The highest BCUT2D eigenvalue weighted by Gasteiger charge is 2.16. The molecule has 3 rings (SSSR count). The van der Waals surface area contributed by atoms with Crippen molar-refractivity contribution < 1.29 is 9.90 Å². The van der Waals surface area contributed by atoms with E-state index in [-0.39, 0.29) is 11.2 Å². The molecule has 0 saturated heterocycles. The molecule has 16 heavy (non-hydrogen) atoms. The third-order valence-electron chi connectivity index (χ3n) is 2.24. The maximum absolute atomic E-state index is 10.9. The van der Waals surface area contributed by atoms with Crippen LogP contribution in [0.3, 0.4) is 0 Å². The second-order valence-electron chi connectivity index (χ2n) is 3.14. The highest BCUT2D eigenvalue weighted by Crippen LogP contribution is 2.28. The van der Waals surface area contributed by atoms with Gasteiger partial charge in [-0.3, -0.25) is 0 Å². The number of carboxylic acid groups (broad SMARTS) is 1. The molecule has 3 heterocycles. The minimum atomic E-state index is -1.06. The number of aromatic nitrogens is 3. The minimum absolute atomic E-state index is 0.0509. The van der Waals surface area contributed by atoms with Gasteiger partial charge in [-0.05, 0) is 11.4 Å². The van der Waals surface area contributed by atoms with Crippen molar-refractivity contribution in [1.82, 2.24) is 14.6 Å². The highest BCUT2D eigenvalue weighted by molar-refractivity contribution is 7.17. The third kappa shape index (κ3) is 1.14. The maximum atomic E-state index is 10.9. The number of nitrogens with zero attached hydrogens (tertiary/aromatic N) is 3. The van der Waals surface area contributed by atoms with Crippen LogP contribution in [0, 0.1) is 0 Å². The first-order chi connectivity index (χ1) is 7.68. The Balaban J connectivity index is 2.55. The Kier molecular flexibility index (Phi) is 1.89. The lowest BCUT2D eigenvalue weighted by molar-refractivity contribution is 0.0699. The summed E-state index contributed by atoms with van der Waals surface area (Å²) < 4.78 is 2.29. The second kappa shape index (κ2) is 3.16. The fourth-order valence-electron chi connectivity index (χ4n) is 1.54. The van der Waals surface area contributed by atoms with E-state index in [2.05, 4.69) is 10.1 Å². The normalized spacial score (nSPS) is 11.3. The maximum Gasteiger partial charge on any atom is 0.341 e. The van der Waals surface area contributed by atoms with Gasteiger partial charge in [-0.1, -0.05) is 11.6 Å². The van der Waals surface area contributed by atoms with E-state index < -0.39 is 5.97 Å². The Labute approximate surface area is 97.9 Å². The van der Waals surface area contributed by atoms with Gasteiger partial charge in [0.2, 0.25) is 0 Å². The van der Waals surface area contributed by atoms with Crippen molar-refractivity contribution in [2.45, 2.75) is 0 Å². The summed E-state index contributed by atoms with van der Waals surface area (Å²) in [7, 11) is 0. The summed E-state index contributed by atoms with van der Waals surface area (Å²) in [6.45, 7) is 0. The lowest BCUT2D eigenvalue weighted by atomic mass is 10.3. The molecule has 0 atom stereocenters. The van der Waals surface area contributed by atoms with E-state index in [0.717, 1.165) is 10.2 Å². The first-order valence-corrected chi connectivity index (χ1v) is 5.58. The lowest BCUT2D eigenvalue weighted by Crippen LogP contribution is -1.98. The number of hydrogen-bond acceptors (Lipinski definition) is 4. The predicted octanol–water partition coefficient (Wildman–Crippen LogP) is 2.30. The van der Waals surface area contributed by atoms with E-state index >= 15 is 0 Å². The fraction of sp³-hybridized carbons (Fsp3) is 0. The van der Waals surface area contributed by atoms with Crippen molar-refractivity contribution in [3.8, 4) is 0 Å². The van der Waals surface area contributed by atoms with Crippen molar-refractivity contribution >= 4 is 44.8 Å². The summed E-state index contributed by atoms with van der Waals surface area (Å²) in [4.78, 5) is 15.0. The minimum Gasteiger partial charge on any atom is -0.477 e. The fourth-order valence-corrected chi connectivity index (χ4v) is 2.61. The van der Waals surface area contributed by atoms with Gasteiger partial charge in [0.15, 0.2) is 10.8 Å². The topological polar surface area (TPSA) is 67.5 Å². The van der Waals surface area contributed by atoms with Crippen LogP contribution in [0.25, 0.3) is 15.9 Å². The predicted molar refractivity (Wildman–Crippen MR) is 60.3 cm³/mol. The van der Waals surface area contributed by atoms with E-state index in [1.54, 1.807) is 0 Å². The first kappa shape index (κ1) is 9.56. The zero-order chi connectivity index (χ0) is 11.3. The van der Waals surface area contributed by atoms with Gasteiger partial charge in [0, 0.05) is 0 Å². The quantitative estimate of drug-likeness (QED) is 0.676. The molecule has 0 fully saturated rings. The van der Waals surface area contributed by atoms with Crippen LogP contribution in [0.5, 0.6) is 0 Å². The highest BCUT2D eigenvalue weighted by atomic mass is 35.5. The van der Waals surface area contributed by atoms with Crippen molar-refractivity contribution in [3.63, 3.8) is 0 Å². The molecular formula is C9H4ClN3O2S. The molecule has 1 N–H and O–H groups in total. The van der Waals surface area contributed by atoms with Crippen LogP contribution < -0.4 is 0 Å². The molecule has 0 aliphatic rings. The summed E-state index contributed by atoms with van der Waals surface area (Å²) in [5.41, 5.74) is 1.09. The van der Waals surface area contributed by atoms with E-state index in [9.17, 15) is 4.79 Å². The molecule has 3 aromatic heterocycles. The van der Waals surface area contributed by atoms with Gasteiger partial charge in [-0.2, -0.15) is 5.10 Å². The van der Waals surface area contributed by atoms with Gasteiger partial charge in [0.25, 0.3) is 0 Å². The van der Waals surface area contributed by atoms with E-state index in [1.807, 2.05) is 11.4 Å². The summed E-state index contributed by atoms with van der Waals surface area (Å²) >= 11 is 7.42. The smallest absolute Gasteiger partial charge is 0.341 e. The second-order valence-corrected chi connectivity index (χ2v) is 4.41. The monoisotopic (exact) mass is 253 g/mol. The van der Waals surface area contributed by atoms with Gasteiger partial charge >= 0.3 is 5.97 Å². The molecule has 5 nitrogen and oxygen atoms in total. The molecule has 0 aromatic carbocycles. The average Bonchev–Trinajstić information content (AvgIpc) is 2.80. The zero-order valence-corrected chi connectivity index (χ0v) is 9.29. The molecule has 0 unspecified atom stereocenters. The van der Waals surface area contributed by atoms with Crippen LogP contribution >= 0.6 is 22.9 Å². The number of carboxylic acids is 1. The van der Waals surface area contributed by atoms with E-state index in [4.69, 9.17) is 16.7 Å². The molecule has 0 amide bonds. The van der Waals surface area contributed by atoms with Gasteiger partial charge in [0.1, 0.15) is 5.56 Å². The zero-order valence-electron chi connectivity index (χ0n) is 7.72. The molecule has 3 aromatic rings. The molecule has 7 heteroatoms. The largest absolute Gasteiger partial charge is 0.477 e. The Morgan fingerprint density at radius 1 is 1.56 bits per heavy atom. The van der Waals surface area contributed by atoms with Gasteiger partial charge < -0.3 is 5.11 Å². The Bertz CT molecular complexity index is 718. The standard InChI is InChI=1S/C9H4ClN3O2S/c10-7-6-5(1-2-16-6)13-8(12-7)4(3-11-13)9(14)15/h1-3H,(H,14,15). The van der Waals surface area contributed by atoms with E-state index in [1.165, 1.54) is 22.0 Å². The van der Waals surface area contributed by atoms with Crippen LogP contribution in [0.15, 0.2) is 17.6 Å². The van der Waals surface area contributed by atoms with E-state index in [0.29, 0.717) is 5.15 Å².